The summed E-state index contributed by atoms with van der Waals surface area (Å²) < 4.78 is 0. The molecule has 0 saturated heterocycles. The van der Waals surface area contributed by atoms with E-state index in [4.69, 9.17) is 4.98 Å². The molecule has 0 aliphatic carbocycles. The standard InChI is InChI=1S/C15H15N3/c1-10(15-11(2)16-9-17-15)13-8-7-12-5-3-4-6-14(12)18-13/h3-10H,1-2H3,(H,16,17). The third-order valence-electron chi connectivity index (χ3n) is 3.34. The molecule has 1 aromatic carbocycles. The number of nitrogens with one attached hydrogen (secondary N) is 1. The molecule has 0 aliphatic heterocycles. The molecule has 90 valence electrons. The number of aromatic amines is 1. The van der Waals surface area contributed by atoms with Gasteiger partial charge in [-0.25, -0.2) is 4.98 Å². The molecule has 1 N–H and O–H groups in total. The Labute approximate surface area is 106 Å². The van der Waals surface area contributed by atoms with Gasteiger partial charge < -0.3 is 4.98 Å². The highest BCUT2D eigenvalue weighted by molar-refractivity contribution is 5.78. The molecule has 3 heteroatoms. The minimum absolute atomic E-state index is 0.209. The molecular formula is C15H15N3. The monoisotopic (exact) mass is 237 g/mol. The van der Waals surface area contributed by atoms with Gasteiger partial charge in [0.2, 0.25) is 0 Å². The van der Waals surface area contributed by atoms with Crippen LogP contribution in [0.1, 0.15) is 29.9 Å². The Hall–Kier alpha value is -2.16. The topological polar surface area (TPSA) is 41.6 Å². The average Bonchev–Trinajstić information content (AvgIpc) is 2.83. The van der Waals surface area contributed by atoms with Crippen LogP contribution in [-0.2, 0) is 0 Å². The minimum atomic E-state index is 0.209. The van der Waals surface area contributed by atoms with E-state index in [0.717, 1.165) is 22.6 Å². The van der Waals surface area contributed by atoms with Crippen LogP contribution in [0.5, 0.6) is 0 Å². The van der Waals surface area contributed by atoms with Crippen molar-refractivity contribution in [3.05, 3.63) is 59.8 Å². The maximum Gasteiger partial charge on any atom is 0.0925 e. The fourth-order valence-corrected chi connectivity index (χ4v) is 2.27. The molecule has 0 fully saturated rings. The van der Waals surface area contributed by atoms with Crippen molar-refractivity contribution in [3.8, 4) is 0 Å². The van der Waals surface area contributed by atoms with E-state index >= 15 is 0 Å². The van der Waals surface area contributed by atoms with Gasteiger partial charge in [-0.15, -0.1) is 0 Å². The molecule has 0 spiro atoms. The quantitative estimate of drug-likeness (QED) is 0.742. The van der Waals surface area contributed by atoms with Gasteiger partial charge in [0.1, 0.15) is 0 Å². The Morgan fingerprint density at radius 1 is 1.11 bits per heavy atom. The number of aromatic nitrogens is 3. The molecular weight excluding hydrogens is 222 g/mol. The number of fused-ring (bicyclic) bond motifs is 1. The largest absolute Gasteiger partial charge is 0.348 e. The van der Waals surface area contributed by atoms with Crippen LogP contribution in [0.25, 0.3) is 10.9 Å². The van der Waals surface area contributed by atoms with Gasteiger partial charge in [-0.1, -0.05) is 31.2 Å². The average molecular weight is 237 g/mol. The smallest absolute Gasteiger partial charge is 0.0925 e. The van der Waals surface area contributed by atoms with E-state index in [1.807, 2.05) is 25.1 Å². The summed E-state index contributed by atoms with van der Waals surface area (Å²) in [6.45, 7) is 4.18. The van der Waals surface area contributed by atoms with Gasteiger partial charge in [0.05, 0.1) is 17.5 Å². The number of hydrogen-bond acceptors (Lipinski definition) is 2. The highest BCUT2D eigenvalue weighted by Gasteiger charge is 2.14. The summed E-state index contributed by atoms with van der Waals surface area (Å²) in [7, 11) is 0. The molecule has 3 rings (SSSR count). The van der Waals surface area contributed by atoms with Crippen molar-refractivity contribution in [2.75, 3.05) is 0 Å². The molecule has 2 aromatic heterocycles. The van der Waals surface area contributed by atoms with Crippen molar-refractivity contribution in [3.63, 3.8) is 0 Å². The second-order valence-electron chi connectivity index (χ2n) is 4.56. The summed E-state index contributed by atoms with van der Waals surface area (Å²) in [6, 6.07) is 12.4. The fourth-order valence-electron chi connectivity index (χ4n) is 2.27. The Bertz CT molecular complexity index is 685. The fraction of sp³-hybridized carbons (Fsp3) is 0.200. The maximum absolute atomic E-state index is 4.72. The minimum Gasteiger partial charge on any atom is -0.348 e. The first kappa shape index (κ1) is 11.0. The number of H-pyrrole nitrogens is 1. The third kappa shape index (κ3) is 1.78. The normalized spacial score (nSPS) is 12.8. The number of pyridine rings is 1. The van der Waals surface area contributed by atoms with E-state index in [2.05, 4.69) is 35.1 Å². The van der Waals surface area contributed by atoms with Gasteiger partial charge in [-0.3, -0.25) is 4.98 Å². The number of hydrogen-bond donors (Lipinski definition) is 1. The summed E-state index contributed by atoms with van der Waals surface area (Å²) in [4.78, 5) is 12.2. The lowest BCUT2D eigenvalue weighted by atomic mass is 10.0. The number of rotatable bonds is 2. The van der Waals surface area contributed by atoms with Crippen molar-refractivity contribution in [2.45, 2.75) is 19.8 Å². The van der Waals surface area contributed by atoms with Crippen molar-refractivity contribution in [1.29, 1.82) is 0 Å². The third-order valence-corrected chi connectivity index (χ3v) is 3.34. The zero-order valence-electron chi connectivity index (χ0n) is 10.5. The van der Waals surface area contributed by atoms with Crippen molar-refractivity contribution >= 4 is 10.9 Å². The molecule has 3 nitrogen and oxygen atoms in total. The number of para-hydroxylation sites is 1. The van der Waals surface area contributed by atoms with Gasteiger partial charge in [0.25, 0.3) is 0 Å². The molecule has 0 radical (unpaired) electrons. The Balaban J connectivity index is 2.07. The lowest BCUT2D eigenvalue weighted by molar-refractivity contribution is 0.838. The Morgan fingerprint density at radius 2 is 1.94 bits per heavy atom. The molecule has 0 amide bonds. The van der Waals surface area contributed by atoms with Crippen LogP contribution >= 0.6 is 0 Å². The summed E-state index contributed by atoms with van der Waals surface area (Å²) in [5.41, 5.74) is 4.27. The van der Waals surface area contributed by atoms with Crippen LogP contribution in [0.15, 0.2) is 42.7 Å². The summed E-state index contributed by atoms with van der Waals surface area (Å²) in [5.74, 6) is 0.209. The van der Waals surface area contributed by atoms with Gasteiger partial charge in [-0.05, 0) is 19.1 Å². The van der Waals surface area contributed by atoms with Crippen LogP contribution in [0.2, 0.25) is 0 Å². The Morgan fingerprint density at radius 3 is 2.72 bits per heavy atom. The lowest BCUT2D eigenvalue weighted by Crippen LogP contribution is -2.01. The van der Waals surface area contributed by atoms with Crippen molar-refractivity contribution in [2.24, 2.45) is 0 Å². The predicted molar refractivity (Wildman–Crippen MR) is 72.6 cm³/mol. The SMILES string of the molecule is Cc1[nH]cnc1C(C)c1ccc2ccccc2n1. The second kappa shape index (κ2) is 4.26. The highest BCUT2D eigenvalue weighted by atomic mass is 14.9. The molecule has 0 aliphatic rings. The highest BCUT2D eigenvalue weighted by Crippen LogP contribution is 2.24. The maximum atomic E-state index is 4.72. The summed E-state index contributed by atoms with van der Waals surface area (Å²) in [5, 5.41) is 1.17. The van der Waals surface area contributed by atoms with Gasteiger partial charge in [0.15, 0.2) is 0 Å². The first-order valence-corrected chi connectivity index (χ1v) is 6.11. The molecule has 0 saturated carbocycles. The van der Waals surface area contributed by atoms with E-state index in [1.54, 1.807) is 6.33 Å². The van der Waals surface area contributed by atoms with Crippen LogP contribution in [-0.4, -0.2) is 15.0 Å². The van der Waals surface area contributed by atoms with Gasteiger partial charge >= 0.3 is 0 Å². The molecule has 0 bridgehead atoms. The van der Waals surface area contributed by atoms with E-state index in [9.17, 15) is 0 Å². The van der Waals surface area contributed by atoms with Gasteiger partial charge in [0, 0.05) is 22.7 Å². The van der Waals surface area contributed by atoms with Crippen LogP contribution in [0, 0.1) is 6.92 Å². The summed E-state index contributed by atoms with van der Waals surface area (Å²) >= 11 is 0. The predicted octanol–water partition coefficient (Wildman–Crippen LogP) is 3.42. The van der Waals surface area contributed by atoms with E-state index in [-0.39, 0.29) is 5.92 Å². The van der Waals surface area contributed by atoms with E-state index < -0.39 is 0 Å². The zero-order valence-corrected chi connectivity index (χ0v) is 10.5. The van der Waals surface area contributed by atoms with Crippen molar-refractivity contribution in [1.82, 2.24) is 15.0 Å². The van der Waals surface area contributed by atoms with E-state index in [1.165, 1.54) is 5.39 Å². The zero-order chi connectivity index (χ0) is 12.5. The Kier molecular flexibility index (Phi) is 2.59. The molecule has 3 aromatic rings. The first-order chi connectivity index (χ1) is 8.75. The number of benzene rings is 1. The molecule has 18 heavy (non-hydrogen) atoms. The second-order valence-corrected chi connectivity index (χ2v) is 4.56. The summed E-state index contributed by atoms with van der Waals surface area (Å²) in [6.07, 6.45) is 1.74. The number of nitrogens with zero attached hydrogens (tertiary/aromatic N) is 2. The number of aryl methyl sites for hydroxylation is 1. The van der Waals surface area contributed by atoms with E-state index in [0.29, 0.717) is 0 Å². The first-order valence-electron chi connectivity index (χ1n) is 6.11. The van der Waals surface area contributed by atoms with Crippen molar-refractivity contribution < 1.29 is 0 Å². The van der Waals surface area contributed by atoms with Crippen LogP contribution in [0.3, 0.4) is 0 Å². The molecule has 2 heterocycles. The number of imidazole rings is 1. The molecule has 1 atom stereocenters. The molecule has 1 unspecified atom stereocenters. The van der Waals surface area contributed by atoms with Crippen LogP contribution in [0.4, 0.5) is 0 Å². The van der Waals surface area contributed by atoms with Crippen LogP contribution < -0.4 is 0 Å². The lowest BCUT2D eigenvalue weighted by Gasteiger charge is -2.10. The van der Waals surface area contributed by atoms with Gasteiger partial charge in [-0.2, -0.15) is 0 Å².